The Hall–Kier alpha value is -3.12. The van der Waals surface area contributed by atoms with Crippen molar-refractivity contribution in [3.63, 3.8) is 0 Å². The van der Waals surface area contributed by atoms with Crippen LogP contribution in [0.5, 0.6) is 5.75 Å². The third-order valence-corrected chi connectivity index (χ3v) is 5.03. The van der Waals surface area contributed by atoms with Crippen LogP contribution in [0.25, 0.3) is 0 Å². The molecule has 0 radical (unpaired) electrons. The maximum atomic E-state index is 12.6. The van der Waals surface area contributed by atoms with Crippen molar-refractivity contribution in [2.75, 3.05) is 11.9 Å². The zero-order valence-electron chi connectivity index (χ0n) is 15.8. The Morgan fingerprint density at radius 1 is 1.04 bits per heavy atom. The summed E-state index contributed by atoms with van der Waals surface area (Å²) in [6, 6.07) is 18.0. The third kappa shape index (κ3) is 4.98. The van der Waals surface area contributed by atoms with Gasteiger partial charge in [0.15, 0.2) is 0 Å². The fourth-order valence-corrected chi connectivity index (χ4v) is 3.34. The first kappa shape index (κ1) is 19.6. The number of amides is 2. The van der Waals surface area contributed by atoms with Gasteiger partial charge in [-0.05, 0) is 61.2 Å². The van der Waals surface area contributed by atoms with Crippen molar-refractivity contribution in [3.05, 3.63) is 82.0 Å². The summed E-state index contributed by atoms with van der Waals surface area (Å²) in [5.41, 5.74) is 2.06. The molecule has 6 heteroatoms. The highest BCUT2D eigenvalue weighted by Crippen LogP contribution is 2.19. The van der Waals surface area contributed by atoms with E-state index in [4.69, 9.17) is 4.74 Å². The van der Waals surface area contributed by atoms with Crippen LogP contribution >= 0.6 is 11.3 Å². The van der Waals surface area contributed by atoms with E-state index >= 15 is 0 Å². The lowest BCUT2D eigenvalue weighted by Crippen LogP contribution is -2.26. The number of nitrogens with one attached hydrogen (secondary N) is 2. The Morgan fingerprint density at radius 3 is 2.50 bits per heavy atom. The Bertz CT molecular complexity index is 937. The zero-order chi connectivity index (χ0) is 19.9. The first-order valence-electron chi connectivity index (χ1n) is 9.05. The van der Waals surface area contributed by atoms with Crippen LogP contribution in [0.3, 0.4) is 0 Å². The van der Waals surface area contributed by atoms with Gasteiger partial charge in [-0.25, -0.2) is 0 Å². The molecule has 1 atom stereocenters. The second kappa shape index (κ2) is 9.19. The molecule has 0 bridgehead atoms. The molecule has 2 amide bonds. The maximum Gasteiger partial charge on any atom is 0.265 e. The molecule has 1 unspecified atom stereocenters. The molecular weight excluding hydrogens is 372 g/mol. The number of rotatable bonds is 7. The summed E-state index contributed by atoms with van der Waals surface area (Å²) in [5, 5.41) is 7.65. The molecule has 0 spiro atoms. The maximum absolute atomic E-state index is 12.6. The van der Waals surface area contributed by atoms with Crippen LogP contribution in [0.15, 0.2) is 66.0 Å². The standard InChI is InChI=1S/C22H22N2O3S/c1-3-27-19-11-9-16(10-12-19)15(2)23-21(25)17-6-4-7-18(14-17)24-22(26)20-8-5-13-28-20/h4-15H,3H2,1-2H3,(H,23,25)(H,24,26). The van der Waals surface area contributed by atoms with E-state index in [0.717, 1.165) is 11.3 Å². The summed E-state index contributed by atoms with van der Waals surface area (Å²) < 4.78 is 5.44. The van der Waals surface area contributed by atoms with Gasteiger partial charge in [0.25, 0.3) is 11.8 Å². The number of ether oxygens (including phenoxy) is 1. The molecule has 0 saturated heterocycles. The third-order valence-electron chi connectivity index (χ3n) is 4.17. The summed E-state index contributed by atoms with van der Waals surface area (Å²) in [6.45, 7) is 4.48. The summed E-state index contributed by atoms with van der Waals surface area (Å²) in [5.74, 6) is 0.419. The highest BCUT2D eigenvalue weighted by molar-refractivity contribution is 7.12. The van der Waals surface area contributed by atoms with Crippen LogP contribution in [-0.4, -0.2) is 18.4 Å². The predicted octanol–water partition coefficient (Wildman–Crippen LogP) is 4.89. The highest BCUT2D eigenvalue weighted by Gasteiger charge is 2.13. The van der Waals surface area contributed by atoms with E-state index < -0.39 is 0 Å². The highest BCUT2D eigenvalue weighted by atomic mass is 32.1. The van der Waals surface area contributed by atoms with Gasteiger partial charge in [-0.3, -0.25) is 9.59 Å². The number of thiophene rings is 1. The van der Waals surface area contributed by atoms with E-state index in [1.54, 1.807) is 30.3 Å². The first-order valence-corrected chi connectivity index (χ1v) is 9.93. The number of benzene rings is 2. The van der Waals surface area contributed by atoms with Crippen molar-refractivity contribution in [1.82, 2.24) is 5.32 Å². The molecule has 0 aliphatic rings. The molecule has 3 aromatic rings. The normalized spacial score (nSPS) is 11.5. The fourth-order valence-electron chi connectivity index (χ4n) is 2.72. The van der Waals surface area contributed by atoms with E-state index in [1.165, 1.54) is 11.3 Å². The second-order valence-corrected chi connectivity index (χ2v) is 7.16. The summed E-state index contributed by atoms with van der Waals surface area (Å²) in [7, 11) is 0. The Balaban J connectivity index is 1.64. The van der Waals surface area contributed by atoms with Gasteiger partial charge in [-0.15, -0.1) is 11.3 Å². The predicted molar refractivity (Wildman–Crippen MR) is 112 cm³/mol. The summed E-state index contributed by atoms with van der Waals surface area (Å²) in [6.07, 6.45) is 0. The van der Waals surface area contributed by atoms with Gasteiger partial charge in [0.1, 0.15) is 5.75 Å². The Morgan fingerprint density at radius 2 is 1.82 bits per heavy atom. The minimum atomic E-state index is -0.200. The summed E-state index contributed by atoms with van der Waals surface area (Å²) >= 11 is 1.37. The van der Waals surface area contributed by atoms with Crippen LogP contribution in [0, 0.1) is 0 Å². The van der Waals surface area contributed by atoms with Crippen molar-refractivity contribution in [3.8, 4) is 5.75 Å². The molecule has 144 valence electrons. The molecule has 5 nitrogen and oxygen atoms in total. The van der Waals surface area contributed by atoms with E-state index in [0.29, 0.717) is 22.7 Å². The lowest BCUT2D eigenvalue weighted by Gasteiger charge is -2.15. The number of anilines is 1. The van der Waals surface area contributed by atoms with E-state index in [9.17, 15) is 9.59 Å². The fraction of sp³-hybridized carbons (Fsp3) is 0.182. The van der Waals surface area contributed by atoms with Crippen molar-refractivity contribution in [2.45, 2.75) is 19.9 Å². The number of carbonyl (C=O) groups is 2. The van der Waals surface area contributed by atoms with Crippen molar-refractivity contribution < 1.29 is 14.3 Å². The first-order chi connectivity index (χ1) is 13.6. The molecule has 0 fully saturated rings. The smallest absolute Gasteiger partial charge is 0.265 e. The molecule has 2 N–H and O–H groups in total. The molecular formula is C22H22N2O3S. The van der Waals surface area contributed by atoms with Gasteiger partial charge in [0.05, 0.1) is 17.5 Å². The molecule has 1 aromatic heterocycles. The van der Waals surface area contributed by atoms with Crippen molar-refractivity contribution >= 4 is 28.8 Å². The van der Waals surface area contributed by atoms with Crippen LogP contribution in [-0.2, 0) is 0 Å². The summed E-state index contributed by atoms with van der Waals surface area (Å²) in [4.78, 5) is 25.4. The number of hydrogen-bond acceptors (Lipinski definition) is 4. The molecule has 0 saturated carbocycles. The SMILES string of the molecule is CCOc1ccc(C(C)NC(=O)c2cccc(NC(=O)c3cccs3)c2)cc1. The van der Waals surface area contributed by atoms with Crippen molar-refractivity contribution in [1.29, 1.82) is 0 Å². The largest absolute Gasteiger partial charge is 0.494 e. The van der Waals surface area contributed by atoms with Crippen LogP contribution < -0.4 is 15.4 Å². The van der Waals surface area contributed by atoms with Crippen LogP contribution in [0.1, 0.15) is 45.5 Å². The van der Waals surface area contributed by atoms with E-state index in [-0.39, 0.29) is 17.9 Å². The minimum absolute atomic E-state index is 0.160. The van der Waals surface area contributed by atoms with Gasteiger partial charge in [-0.1, -0.05) is 24.3 Å². The lowest BCUT2D eigenvalue weighted by atomic mass is 10.1. The lowest BCUT2D eigenvalue weighted by molar-refractivity contribution is 0.0938. The number of hydrogen-bond donors (Lipinski definition) is 2. The van der Waals surface area contributed by atoms with Gasteiger partial charge < -0.3 is 15.4 Å². The molecule has 28 heavy (non-hydrogen) atoms. The van der Waals surface area contributed by atoms with Crippen LogP contribution in [0.4, 0.5) is 5.69 Å². The van der Waals surface area contributed by atoms with Crippen LogP contribution in [0.2, 0.25) is 0 Å². The Labute approximate surface area is 168 Å². The molecule has 0 aliphatic carbocycles. The van der Waals surface area contributed by atoms with E-state index in [1.807, 2.05) is 49.6 Å². The van der Waals surface area contributed by atoms with Gasteiger partial charge in [-0.2, -0.15) is 0 Å². The topological polar surface area (TPSA) is 67.4 Å². The average molecular weight is 394 g/mol. The zero-order valence-corrected chi connectivity index (χ0v) is 16.6. The number of carbonyl (C=O) groups excluding carboxylic acids is 2. The van der Waals surface area contributed by atoms with Crippen molar-refractivity contribution in [2.24, 2.45) is 0 Å². The molecule has 2 aromatic carbocycles. The van der Waals surface area contributed by atoms with E-state index in [2.05, 4.69) is 10.6 Å². The second-order valence-electron chi connectivity index (χ2n) is 6.21. The molecule has 0 aliphatic heterocycles. The van der Waals surface area contributed by atoms with Gasteiger partial charge in [0, 0.05) is 11.3 Å². The quantitative estimate of drug-likeness (QED) is 0.599. The van der Waals surface area contributed by atoms with Gasteiger partial charge >= 0.3 is 0 Å². The van der Waals surface area contributed by atoms with Gasteiger partial charge in [0.2, 0.25) is 0 Å². The average Bonchev–Trinajstić information content (AvgIpc) is 3.24. The Kier molecular flexibility index (Phi) is 6.45. The minimum Gasteiger partial charge on any atom is -0.494 e. The monoisotopic (exact) mass is 394 g/mol. The molecule has 1 heterocycles. The molecule has 3 rings (SSSR count).